The van der Waals surface area contributed by atoms with Crippen LogP contribution in [-0.2, 0) is 12.6 Å². The highest BCUT2D eigenvalue weighted by Crippen LogP contribution is 2.31. The molecule has 142 valence electrons. The minimum atomic E-state index is -4.37. The highest BCUT2D eigenvalue weighted by molar-refractivity contribution is 5.73. The predicted molar refractivity (Wildman–Crippen MR) is 94.5 cm³/mol. The van der Waals surface area contributed by atoms with Gasteiger partial charge in [-0.05, 0) is 42.9 Å². The summed E-state index contributed by atoms with van der Waals surface area (Å²) in [5.74, 6) is 1.21. The van der Waals surface area contributed by atoms with E-state index in [-0.39, 0.29) is 0 Å². The molecule has 0 unspecified atom stereocenters. The normalized spacial score (nSPS) is 11.6. The summed E-state index contributed by atoms with van der Waals surface area (Å²) < 4.78 is 43.7. The van der Waals surface area contributed by atoms with Gasteiger partial charge in [-0.1, -0.05) is 6.92 Å². The minimum absolute atomic E-state index is 0.295. The Morgan fingerprint density at radius 3 is 2.56 bits per heavy atom. The van der Waals surface area contributed by atoms with E-state index in [1.807, 2.05) is 6.92 Å². The molecular formula is C18H18F3N5O. The second kappa shape index (κ2) is 8.17. The summed E-state index contributed by atoms with van der Waals surface area (Å²) >= 11 is 0. The molecule has 6 nitrogen and oxygen atoms in total. The second-order valence-corrected chi connectivity index (χ2v) is 5.70. The van der Waals surface area contributed by atoms with Gasteiger partial charge in [0.15, 0.2) is 0 Å². The quantitative estimate of drug-likeness (QED) is 0.605. The summed E-state index contributed by atoms with van der Waals surface area (Å²) in [6.07, 6.45) is -2.21. The van der Waals surface area contributed by atoms with Crippen molar-refractivity contribution >= 4 is 11.5 Å². The van der Waals surface area contributed by atoms with E-state index in [9.17, 15) is 13.2 Å². The number of likely N-dealkylation sites (N-methyl/N-ethyl adjacent to an activating group) is 1. The first-order valence-electron chi connectivity index (χ1n) is 8.40. The summed E-state index contributed by atoms with van der Waals surface area (Å²) in [6.45, 7) is 3.58. The van der Waals surface area contributed by atoms with E-state index in [0.717, 1.165) is 25.2 Å². The van der Waals surface area contributed by atoms with Crippen molar-refractivity contribution in [3.8, 4) is 11.5 Å². The van der Waals surface area contributed by atoms with E-state index in [4.69, 9.17) is 4.42 Å². The number of benzene rings is 1. The first-order chi connectivity index (χ1) is 13.0. The van der Waals surface area contributed by atoms with Gasteiger partial charge in [0.25, 0.3) is 5.89 Å². The lowest BCUT2D eigenvalue weighted by Gasteiger charge is -2.10. The van der Waals surface area contributed by atoms with E-state index in [1.54, 1.807) is 18.3 Å². The Kier molecular flexibility index (Phi) is 5.70. The maximum absolute atomic E-state index is 12.7. The zero-order valence-corrected chi connectivity index (χ0v) is 14.5. The van der Waals surface area contributed by atoms with E-state index in [1.165, 1.54) is 12.1 Å². The maximum atomic E-state index is 12.7. The molecule has 0 radical (unpaired) electrons. The largest absolute Gasteiger partial charge is 0.421 e. The number of nitrogens with one attached hydrogen (secondary N) is 2. The predicted octanol–water partition coefficient (Wildman–Crippen LogP) is 4.05. The Morgan fingerprint density at radius 1 is 1.07 bits per heavy atom. The standard InChI is InChI=1S/C18H18F3N5O/c1-2-22-11-9-15-25-26-17(27-15)14-4-3-10-23-16(14)24-13-7-5-12(6-8-13)18(19,20)21/h3-8,10,22H,2,9,11H2,1H3,(H,23,24). The van der Waals surface area contributed by atoms with Gasteiger partial charge < -0.3 is 15.1 Å². The number of alkyl halides is 3. The van der Waals surface area contributed by atoms with Crippen molar-refractivity contribution < 1.29 is 17.6 Å². The van der Waals surface area contributed by atoms with Crippen LogP contribution in [0.5, 0.6) is 0 Å². The van der Waals surface area contributed by atoms with E-state index < -0.39 is 11.7 Å². The number of pyridine rings is 1. The smallest absolute Gasteiger partial charge is 0.416 e. The molecule has 0 saturated heterocycles. The fraction of sp³-hybridized carbons (Fsp3) is 0.278. The van der Waals surface area contributed by atoms with E-state index >= 15 is 0 Å². The SMILES string of the molecule is CCNCCc1nnc(-c2cccnc2Nc2ccc(C(F)(F)F)cc2)o1. The van der Waals surface area contributed by atoms with Gasteiger partial charge in [0.05, 0.1) is 11.1 Å². The Labute approximate surface area is 153 Å². The maximum Gasteiger partial charge on any atom is 0.416 e. The van der Waals surface area contributed by atoms with Crippen molar-refractivity contribution in [2.45, 2.75) is 19.5 Å². The highest BCUT2D eigenvalue weighted by Gasteiger charge is 2.30. The lowest BCUT2D eigenvalue weighted by atomic mass is 10.2. The summed E-state index contributed by atoms with van der Waals surface area (Å²) in [4.78, 5) is 4.23. The van der Waals surface area contributed by atoms with Crippen LogP contribution in [0.25, 0.3) is 11.5 Å². The molecular weight excluding hydrogens is 359 g/mol. The summed E-state index contributed by atoms with van der Waals surface area (Å²) in [5.41, 5.74) is 0.325. The fourth-order valence-corrected chi connectivity index (χ4v) is 2.39. The van der Waals surface area contributed by atoms with Crippen molar-refractivity contribution in [1.82, 2.24) is 20.5 Å². The molecule has 0 aliphatic heterocycles. The summed E-state index contributed by atoms with van der Waals surface area (Å²) in [6, 6.07) is 8.18. The van der Waals surface area contributed by atoms with Crippen molar-refractivity contribution in [2.24, 2.45) is 0 Å². The van der Waals surface area contributed by atoms with Crippen LogP contribution in [0.1, 0.15) is 18.4 Å². The van der Waals surface area contributed by atoms with Gasteiger partial charge >= 0.3 is 6.18 Å². The topological polar surface area (TPSA) is 75.9 Å². The number of aromatic nitrogens is 3. The third kappa shape index (κ3) is 4.82. The van der Waals surface area contributed by atoms with Crippen LogP contribution in [0.3, 0.4) is 0 Å². The summed E-state index contributed by atoms with van der Waals surface area (Å²) in [7, 11) is 0. The number of hydrogen-bond donors (Lipinski definition) is 2. The molecule has 0 saturated carbocycles. The molecule has 0 amide bonds. The average molecular weight is 377 g/mol. The molecule has 0 aliphatic carbocycles. The fourth-order valence-electron chi connectivity index (χ4n) is 2.39. The minimum Gasteiger partial charge on any atom is -0.421 e. The molecule has 3 aromatic rings. The molecule has 0 fully saturated rings. The number of nitrogens with zero attached hydrogens (tertiary/aromatic N) is 3. The van der Waals surface area contributed by atoms with Crippen molar-refractivity contribution in [3.63, 3.8) is 0 Å². The van der Waals surface area contributed by atoms with Gasteiger partial charge in [0.2, 0.25) is 5.89 Å². The lowest BCUT2D eigenvalue weighted by molar-refractivity contribution is -0.137. The Hall–Kier alpha value is -2.94. The third-order valence-corrected chi connectivity index (χ3v) is 3.75. The number of anilines is 2. The van der Waals surface area contributed by atoms with Gasteiger partial charge in [-0.3, -0.25) is 0 Å². The third-order valence-electron chi connectivity index (χ3n) is 3.75. The Bertz CT molecular complexity index is 877. The monoisotopic (exact) mass is 377 g/mol. The average Bonchev–Trinajstić information content (AvgIpc) is 3.11. The van der Waals surface area contributed by atoms with Crippen molar-refractivity contribution in [3.05, 3.63) is 54.0 Å². The Morgan fingerprint density at radius 2 is 1.85 bits per heavy atom. The van der Waals surface area contributed by atoms with Crippen LogP contribution in [0, 0.1) is 0 Å². The summed E-state index contributed by atoms with van der Waals surface area (Å²) in [5, 5.41) is 14.2. The highest BCUT2D eigenvalue weighted by atomic mass is 19.4. The molecule has 0 atom stereocenters. The van der Waals surface area contributed by atoms with Crippen molar-refractivity contribution in [1.29, 1.82) is 0 Å². The van der Waals surface area contributed by atoms with Gasteiger partial charge in [-0.15, -0.1) is 10.2 Å². The Balaban J connectivity index is 1.78. The molecule has 2 N–H and O–H groups in total. The molecule has 27 heavy (non-hydrogen) atoms. The lowest BCUT2D eigenvalue weighted by Crippen LogP contribution is -2.16. The molecule has 2 heterocycles. The molecule has 2 aromatic heterocycles. The van der Waals surface area contributed by atoms with Crippen LogP contribution in [0.15, 0.2) is 47.0 Å². The molecule has 1 aromatic carbocycles. The molecule has 3 rings (SSSR count). The number of rotatable bonds is 7. The molecule has 0 bridgehead atoms. The molecule has 0 spiro atoms. The van der Waals surface area contributed by atoms with Crippen LogP contribution >= 0.6 is 0 Å². The van der Waals surface area contributed by atoms with Gasteiger partial charge in [-0.2, -0.15) is 13.2 Å². The zero-order valence-electron chi connectivity index (χ0n) is 14.5. The zero-order chi connectivity index (χ0) is 19.3. The van der Waals surface area contributed by atoms with Crippen LogP contribution in [0.4, 0.5) is 24.7 Å². The number of hydrogen-bond acceptors (Lipinski definition) is 6. The number of halogens is 3. The van der Waals surface area contributed by atoms with Crippen LogP contribution in [0.2, 0.25) is 0 Å². The van der Waals surface area contributed by atoms with E-state index in [2.05, 4.69) is 25.8 Å². The first-order valence-corrected chi connectivity index (χ1v) is 8.40. The first kappa shape index (κ1) is 18.8. The second-order valence-electron chi connectivity index (χ2n) is 5.70. The van der Waals surface area contributed by atoms with Gasteiger partial charge in [0.1, 0.15) is 5.82 Å². The molecule has 9 heteroatoms. The van der Waals surface area contributed by atoms with Crippen LogP contribution in [-0.4, -0.2) is 28.3 Å². The van der Waals surface area contributed by atoms with Crippen LogP contribution < -0.4 is 10.6 Å². The van der Waals surface area contributed by atoms with E-state index in [0.29, 0.717) is 35.3 Å². The van der Waals surface area contributed by atoms with Crippen molar-refractivity contribution in [2.75, 3.05) is 18.4 Å². The van der Waals surface area contributed by atoms with Gasteiger partial charge in [0, 0.05) is 24.8 Å². The van der Waals surface area contributed by atoms with Gasteiger partial charge in [-0.25, -0.2) is 4.98 Å². The molecule has 0 aliphatic rings.